The van der Waals surface area contributed by atoms with Crippen molar-refractivity contribution in [3.05, 3.63) is 72.6 Å². The second-order valence-electron chi connectivity index (χ2n) is 8.72. The molecular formula is C27H34N4O5. The van der Waals surface area contributed by atoms with Crippen LogP contribution in [0.3, 0.4) is 0 Å². The van der Waals surface area contributed by atoms with Crippen LogP contribution in [-0.4, -0.2) is 50.0 Å². The van der Waals surface area contributed by atoms with E-state index >= 15 is 0 Å². The number of carboxylic acid groups (broad SMARTS) is 2. The van der Waals surface area contributed by atoms with Crippen molar-refractivity contribution < 1.29 is 24.6 Å². The third-order valence-corrected chi connectivity index (χ3v) is 6.39. The van der Waals surface area contributed by atoms with Gasteiger partial charge in [-0.2, -0.15) is 0 Å². The first-order valence-corrected chi connectivity index (χ1v) is 11.6. The summed E-state index contributed by atoms with van der Waals surface area (Å²) in [5, 5.41) is 19.6. The summed E-state index contributed by atoms with van der Waals surface area (Å²) in [6, 6.07) is 16.1. The summed E-state index contributed by atoms with van der Waals surface area (Å²) in [5.74, 6) is -2.28. The number of aromatic amines is 2. The van der Waals surface area contributed by atoms with Crippen LogP contribution in [-0.2, 0) is 20.8 Å². The Morgan fingerprint density at radius 3 is 2.06 bits per heavy atom. The number of hydrogen-bond acceptors (Lipinski definition) is 5. The molecule has 0 bridgehead atoms. The number of rotatable bonds is 7. The van der Waals surface area contributed by atoms with Crippen LogP contribution < -0.4 is 11.5 Å². The molecular weight excluding hydrogens is 460 g/mol. The van der Waals surface area contributed by atoms with Crippen LogP contribution in [0.5, 0.6) is 0 Å². The second-order valence-corrected chi connectivity index (χ2v) is 8.72. The number of ketones is 1. The molecule has 0 unspecified atom stereocenters. The van der Waals surface area contributed by atoms with Gasteiger partial charge in [-0.05, 0) is 42.5 Å². The van der Waals surface area contributed by atoms with E-state index in [0.717, 1.165) is 16.5 Å². The molecule has 9 heteroatoms. The molecule has 9 nitrogen and oxygen atoms in total. The normalized spacial score (nSPS) is 13.9. The lowest BCUT2D eigenvalue weighted by atomic mass is 9.77. The first-order valence-electron chi connectivity index (χ1n) is 11.6. The third-order valence-electron chi connectivity index (χ3n) is 6.39. The van der Waals surface area contributed by atoms with E-state index in [4.69, 9.17) is 21.7 Å². The van der Waals surface area contributed by atoms with Gasteiger partial charge in [-0.15, -0.1) is 0 Å². The van der Waals surface area contributed by atoms with Gasteiger partial charge in [0.25, 0.3) is 0 Å². The first kappa shape index (κ1) is 28.3. The Morgan fingerprint density at radius 1 is 0.917 bits per heavy atom. The molecule has 0 saturated carbocycles. The van der Waals surface area contributed by atoms with Gasteiger partial charge < -0.3 is 31.6 Å². The van der Waals surface area contributed by atoms with Crippen molar-refractivity contribution in [2.75, 3.05) is 0 Å². The smallest absolute Gasteiger partial charge is 0.321 e. The summed E-state index contributed by atoms with van der Waals surface area (Å²) < 4.78 is 0. The number of aliphatic carboxylic acids is 2. The summed E-state index contributed by atoms with van der Waals surface area (Å²) in [5.41, 5.74) is 13.1. The minimum absolute atomic E-state index is 0.181. The van der Waals surface area contributed by atoms with E-state index in [2.05, 4.69) is 28.2 Å². The second kappa shape index (κ2) is 12.7. The molecule has 0 radical (unpaired) electrons. The molecule has 0 saturated heterocycles. The van der Waals surface area contributed by atoms with Crippen LogP contribution in [0.25, 0.3) is 21.8 Å². The van der Waals surface area contributed by atoms with Gasteiger partial charge in [0.2, 0.25) is 0 Å². The predicted molar refractivity (Wildman–Crippen MR) is 141 cm³/mol. The number of para-hydroxylation sites is 2. The molecule has 0 aliphatic rings. The number of fused-ring (bicyclic) bond motifs is 2. The van der Waals surface area contributed by atoms with Gasteiger partial charge in [0.1, 0.15) is 17.9 Å². The van der Waals surface area contributed by atoms with Crippen molar-refractivity contribution in [3.63, 3.8) is 0 Å². The first-order chi connectivity index (χ1) is 17.0. The van der Waals surface area contributed by atoms with E-state index < -0.39 is 29.4 Å². The monoisotopic (exact) mass is 494 g/mol. The number of carboxylic acids is 2. The van der Waals surface area contributed by atoms with Crippen molar-refractivity contribution in [1.82, 2.24) is 9.97 Å². The highest BCUT2D eigenvalue weighted by molar-refractivity contribution is 5.89. The van der Waals surface area contributed by atoms with E-state index in [9.17, 15) is 14.4 Å². The van der Waals surface area contributed by atoms with Gasteiger partial charge in [0.05, 0.1) is 5.41 Å². The Hall–Kier alpha value is -3.95. The van der Waals surface area contributed by atoms with Crippen molar-refractivity contribution >= 4 is 39.5 Å². The molecule has 2 aromatic heterocycles. The fourth-order valence-electron chi connectivity index (χ4n) is 3.58. The van der Waals surface area contributed by atoms with Crippen molar-refractivity contribution in [1.29, 1.82) is 0 Å². The maximum absolute atomic E-state index is 11.1. The van der Waals surface area contributed by atoms with Crippen molar-refractivity contribution in [2.24, 2.45) is 16.9 Å². The standard InChI is InChI=1S/C11H12N2O2.C8H15NO3.C8H7N/c12-9(11(14)15)5-7-6-13-10-4-2-1-3-8(7)10;1-4-8(3,5(2)10)6(9)7(11)12;1-2-4-8-7(3-1)5-6-9-8/h1-4,6,9,13H,5,12H2,(H,14,15);6H,4,9H2,1-3H3,(H,11,12);1-6,9H/t9-;6-,8+;/m01./s1. The van der Waals surface area contributed by atoms with Gasteiger partial charge in [-0.25, -0.2) is 0 Å². The highest BCUT2D eigenvalue weighted by Crippen LogP contribution is 2.25. The molecule has 0 amide bonds. The van der Waals surface area contributed by atoms with E-state index in [1.165, 1.54) is 17.8 Å². The Balaban J connectivity index is 0.000000196. The van der Waals surface area contributed by atoms with Gasteiger partial charge in [-0.3, -0.25) is 14.4 Å². The van der Waals surface area contributed by atoms with E-state index in [-0.39, 0.29) is 5.78 Å². The fraction of sp³-hybridized carbons (Fsp3) is 0.296. The Labute approximate surface area is 209 Å². The number of hydrogen-bond donors (Lipinski definition) is 6. The molecule has 0 spiro atoms. The van der Waals surface area contributed by atoms with Crippen LogP contribution in [0.4, 0.5) is 0 Å². The van der Waals surface area contributed by atoms with Crippen molar-refractivity contribution in [2.45, 2.75) is 45.7 Å². The molecule has 2 heterocycles. The number of carbonyl (C=O) groups excluding carboxylic acids is 1. The minimum Gasteiger partial charge on any atom is -0.480 e. The van der Waals surface area contributed by atoms with Crippen LogP contribution in [0.1, 0.15) is 32.8 Å². The maximum Gasteiger partial charge on any atom is 0.321 e. The summed E-state index contributed by atoms with van der Waals surface area (Å²) >= 11 is 0. The molecule has 0 fully saturated rings. The molecule has 0 aliphatic heterocycles. The van der Waals surface area contributed by atoms with Gasteiger partial charge in [-0.1, -0.05) is 50.2 Å². The van der Waals surface area contributed by atoms with Crippen LogP contribution in [0, 0.1) is 5.41 Å². The van der Waals surface area contributed by atoms with Crippen LogP contribution >= 0.6 is 0 Å². The molecule has 4 rings (SSSR count). The predicted octanol–water partition coefficient (Wildman–Crippen LogP) is 3.69. The number of nitrogens with two attached hydrogens (primary N) is 2. The van der Waals surface area contributed by atoms with Crippen molar-refractivity contribution in [3.8, 4) is 0 Å². The third kappa shape index (κ3) is 7.03. The number of nitrogens with one attached hydrogen (secondary N) is 2. The summed E-state index contributed by atoms with van der Waals surface area (Å²) in [6.45, 7) is 4.70. The van der Waals surface area contributed by atoms with E-state index in [1.807, 2.05) is 48.8 Å². The zero-order valence-corrected chi connectivity index (χ0v) is 20.7. The van der Waals surface area contributed by atoms with Gasteiger partial charge >= 0.3 is 11.9 Å². The number of Topliss-reactive ketones (excluding diaryl/α,β-unsaturated/α-hetero) is 1. The average molecular weight is 495 g/mol. The minimum atomic E-state index is -1.13. The lowest BCUT2D eigenvalue weighted by molar-refractivity contribution is -0.146. The molecule has 0 aliphatic carbocycles. The molecule has 36 heavy (non-hydrogen) atoms. The number of H-pyrrole nitrogens is 2. The zero-order valence-electron chi connectivity index (χ0n) is 20.7. The topological polar surface area (TPSA) is 175 Å². The highest BCUT2D eigenvalue weighted by Gasteiger charge is 2.39. The van der Waals surface area contributed by atoms with Crippen LogP contribution in [0.2, 0.25) is 0 Å². The van der Waals surface area contributed by atoms with E-state index in [1.54, 1.807) is 13.8 Å². The lowest BCUT2D eigenvalue weighted by Crippen LogP contribution is -2.49. The molecule has 3 atom stereocenters. The summed E-state index contributed by atoms with van der Waals surface area (Å²) in [7, 11) is 0. The molecule has 192 valence electrons. The molecule has 2 aromatic carbocycles. The lowest BCUT2D eigenvalue weighted by Gasteiger charge is -2.28. The largest absolute Gasteiger partial charge is 0.480 e. The number of benzene rings is 2. The van der Waals surface area contributed by atoms with Crippen LogP contribution in [0.15, 0.2) is 67.0 Å². The zero-order chi connectivity index (χ0) is 26.9. The summed E-state index contributed by atoms with van der Waals surface area (Å²) in [4.78, 5) is 38.5. The quantitative estimate of drug-likeness (QED) is 0.227. The maximum atomic E-state index is 11.1. The SMILES string of the molecule is CC[C@@](C)(C(C)=O)[C@H](N)C(=O)O.N[C@@H](Cc1c[nH]c2ccccc12)C(=O)O.c1ccc2[nH]ccc2c1. The molecule has 4 aromatic rings. The highest BCUT2D eigenvalue weighted by atomic mass is 16.4. The van der Waals surface area contributed by atoms with Gasteiger partial charge in [0, 0.05) is 35.2 Å². The number of aromatic nitrogens is 2. The van der Waals surface area contributed by atoms with E-state index in [0.29, 0.717) is 12.8 Å². The molecule has 8 N–H and O–H groups in total. The Kier molecular flexibility index (Phi) is 9.95. The fourth-order valence-corrected chi connectivity index (χ4v) is 3.58. The Morgan fingerprint density at radius 2 is 1.53 bits per heavy atom. The summed E-state index contributed by atoms with van der Waals surface area (Å²) in [6.07, 6.45) is 4.55. The van der Waals surface area contributed by atoms with Gasteiger partial charge in [0.15, 0.2) is 0 Å². The average Bonchev–Trinajstić information content (AvgIpc) is 3.51. The Bertz CT molecular complexity index is 1280. The number of carbonyl (C=O) groups is 3.